The van der Waals surface area contributed by atoms with Crippen molar-refractivity contribution in [3.8, 4) is 0 Å². The van der Waals surface area contributed by atoms with Crippen molar-refractivity contribution >= 4 is 11.7 Å². The molecule has 2 atom stereocenters. The highest BCUT2D eigenvalue weighted by atomic mass is 16.5. The molecule has 0 radical (unpaired) electrons. The van der Waals surface area contributed by atoms with Crippen molar-refractivity contribution in [2.24, 2.45) is 0 Å². The second-order valence-electron chi connectivity index (χ2n) is 5.53. The number of nitrogen functional groups attached to an aromatic ring is 1. The predicted octanol–water partition coefficient (Wildman–Crippen LogP) is 1.84. The summed E-state index contributed by atoms with van der Waals surface area (Å²) >= 11 is 0. The molecule has 0 unspecified atom stereocenters. The van der Waals surface area contributed by atoms with Gasteiger partial charge in [0.25, 0.3) is 0 Å². The lowest BCUT2D eigenvalue weighted by molar-refractivity contribution is 0.0526. The van der Waals surface area contributed by atoms with Crippen molar-refractivity contribution in [1.29, 1.82) is 0 Å². The Kier molecular flexibility index (Phi) is 5.59. The number of hydrogen-bond donors (Lipinski definition) is 3. The number of ether oxygens (including phenoxy) is 1. The zero-order valence-corrected chi connectivity index (χ0v) is 12.5. The van der Waals surface area contributed by atoms with E-state index < -0.39 is 0 Å². The van der Waals surface area contributed by atoms with Crippen LogP contribution in [0.5, 0.6) is 0 Å². The van der Waals surface area contributed by atoms with Crippen molar-refractivity contribution < 1.29 is 14.6 Å². The summed E-state index contributed by atoms with van der Waals surface area (Å²) in [5, 5.41) is 13.1. The first kappa shape index (κ1) is 15.8. The Bertz CT molecular complexity index is 490. The van der Waals surface area contributed by atoms with Crippen molar-refractivity contribution in [2.75, 3.05) is 12.3 Å². The zero-order valence-electron chi connectivity index (χ0n) is 12.5. The van der Waals surface area contributed by atoms with E-state index in [2.05, 4.69) is 5.32 Å². The SMILES string of the molecule is CCOC(=O)c1ccc(N)c(CN[C@H]2CCC[C@@H](O)C2)c1. The Balaban J connectivity index is 1.98. The molecule has 1 aliphatic carbocycles. The average molecular weight is 292 g/mol. The maximum atomic E-state index is 11.7. The third-order valence-corrected chi connectivity index (χ3v) is 3.88. The normalized spacial score (nSPS) is 22.0. The van der Waals surface area contributed by atoms with E-state index in [1.54, 1.807) is 25.1 Å². The van der Waals surface area contributed by atoms with E-state index in [1.807, 2.05) is 0 Å². The maximum Gasteiger partial charge on any atom is 0.338 e. The summed E-state index contributed by atoms with van der Waals surface area (Å²) in [6, 6.07) is 5.50. The highest BCUT2D eigenvalue weighted by Gasteiger charge is 2.19. The molecule has 2 rings (SSSR count). The van der Waals surface area contributed by atoms with Crippen molar-refractivity contribution in [2.45, 2.75) is 51.3 Å². The Morgan fingerprint density at radius 1 is 1.48 bits per heavy atom. The molecule has 1 aliphatic rings. The molecule has 0 amide bonds. The third kappa shape index (κ3) is 4.44. The second-order valence-corrected chi connectivity index (χ2v) is 5.53. The fourth-order valence-corrected chi connectivity index (χ4v) is 2.70. The topological polar surface area (TPSA) is 84.6 Å². The molecule has 0 aromatic heterocycles. The molecule has 0 aliphatic heterocycles. The molecule has 1 aromatic rings. The lowest BCUT2D eigenvalue weighted by Crippen LogP contribution is -2.35. The van der Waals surface area contributed by atoms with Gasteiger partial charge in [-0.05, 0) is 56.4 Å². The third-order valence-electron chi connectivity index (χ3n) is 3.88. The van der Waals surface area contributed by atoms with E-state index in [9.17, 15) is 9.90 Å². The molecule has 116 valence electrons. The van der Waals surface area contributed by atoms with E-state index in [1.165, 1.54) is 0 Å². The standard InChI is InChI=1S/C16H24N2O3/c1-2-21-16(20)11-6-7-15(17)12(8-11)10-18-13-4-3-5-14(19)9-13/h6-8,13-14,18-19H,2-5,9-10,17H2,1H3/t13-,14+/m0/s1. The number of esters is 1. The molecule has 1 saturated carbocycles. The number of rotatable bonds is 5. The predicted molar refractivity (Wildman–Crippen MR) is 81.9 cm³/mol. The highest BCUT2D eigenvalue weighted by molar-refractivity contribution is 5.90. The summed E-state index contributed by atoms with van der Waals surface area (Å²) in [6.07, 6.45) is 3.56. The van der Waals surface area contributed by atoms with Crippen molar-refractivity contribution in [3.05, 3.63) is 29.3 Å². The summed E-state index contributed by atoms with van der Waals surface area (Å²) < 4.78 is 5.00. The van der Waals surface area contributed by atoms with Crippen LogP contribution in [0.15, 0.2) is 18.2 Å². The molecule has 0 spiro atoms. The van der Waals surface area contributed by atoms with E-state index in [0.717, 1.165) is 31.2 Å². The van der Waals surface area contributed by atoms with Crippen LogP contribution in [0.4, 0.5) is 5.69 Å². The summed E-state index contributed by atoms with van der Waals surface area (Å²) in [5.41, 5.74) is 8.03. The fourth-order valence-electron chi connectivity index (χ4n) is 2.70. The number of aliphatic hydroxyl groups is 1. The Morgan fingerprint density at radius 3 is 3.00 bits per heavy atom. The number of anilines is 1. The minimum atomic E-state index is -0.327. The van der Waals surface area contributed by atoms with Crippen molar-refractivity contribution in [1.82, 2.24) is 5.32 Å². The average Bonchev–Trinajstić information content (AvgIpc) is 2.46. The molecule has 21 heavy (non-hydrogen) atoms. The van der Waals surface area contributed by atoms with Gasteiger partial charge in [-0.1, -0.05) is 0 Å². The molecule has 0 bridgehead atoms. The lowest BCUT2D eigenvalue weighted by Gasteiger charge is -2.27. The minimum absolute atomic E-state index is 0.209. The van der Waals surface area contributed by atoms with Gasteiger partial charge in [0.15, 0.2) is 0 Å². The van der Waals surface area contributed by atoms with Crippen LogP contribution in [0.3, 0.4) is 0 Å². The van der Waals surface area contributed by atoms with Crippen LogP contribution >= 0.6 is 0 Å². The Labute approximate surface area is 125 Å². The van der Waals surface area contributed by atoms with Gasteiger partial charge in [0.05, 0.1) is 18.3 Å². The molecule has 1 fully saturated rings. The van der Waals surface area contributed by atoms with E-state index in [4.69, 9.17) is 10.5 Å². The van der Waals surface area contributed by atoms with Crippen LogP contribution < -0.4 is 11.1 Å². The van der Waals surface area contributed by atoms with Gasteiger partial charge in [0.2, 0.25) is 0 Å². The molecule has 5 heteroatoms. The smallest absolute Gasteiger partial charge is 0.338 e. The van der Waals surface area contributed by atoms with Crippen LogP contribution in [0, 0.1) is 0 Å². The van der Waals surface area contributed by atoms with Crippen LogP contribution in [-0.4, -0.2) is 29.8 Å². The molecule has 4 N–H and O–H groups in total. The van der Waals surface area contributed by atoms with E-state index in [-0.39, 0.29) is 12.1 Å². The number of hydrogen-bond acceptors (Lipinski definition) is 5. The number of benzene rings is 1. The largest absolute Gasteiger partial charge is 0.462 e. The number of aliphatic hydroxyl groups excluding tert-OH is 1. The Hall–Kier alpha value is -1.59. The van der Waals surface area contributed by atoms with E-state index in [0.29, 0.717) is 30.4 Å². The van der Waals surface area contributed by atoms with Crippen LogP contribution in [-0.2, 0) is 11.3 Å². The number of carbonyl (C=O) groups excluding carboxylic acids is 1. The molecular weight excluding hydrogens is 268 g/mol. The fraction of sp³-hybridized carbons (Fsp3) is 0.562. The van der Waals surface area contributed by atoms with Gasteiger partial charge in [-0.25, -0.2) is 4.79 Å². The van der Waals surface area contributed by atoms with Gasteiger partial charge in [0, 0.05) is 18.3 Å². The first-order valence-electron chi connectivity index (χ1n) is 7.57. The van der Waals surface area contributed by atoms with Crippen LogP contribution in [0.25, 0.3) is 0 Å². The highest BCUT2D eigenvalue weighted by Crippen LogP contribution is 2.20. The van der Waals surface area contributed by atoms with Gasteiger partial charge in [0.1, 0.15) is 0 Å². The van der Waals surface area contributed by atoms with Gasteiger partial charge in [-0.15, -0.1) is 0 Å². The molecule has 0 heterocycles. The molecular formula is C16H24N2O3. The molecule has 5 nitrogen and oxygen atoms in total. The van der Waals surface area contributed by atoms with Crippen LogP contribution in [0.2, 0.25) is 0 Å². The minimum Gasteiger partial charge on any atom is -0.462 e. The van der Waals surface area contributed by atoms with Crippen LogP contribution in [0.1, 0.15) is 48.5 Å². The monoisotopic (exact) mass is 292 g/mol. The maximum absolute atomic E-state index is 11.7. The van der Waals surface area contributed by atoms with Gasteiger partial charge >= 0.3 is 5.97 Å². The number of carbonyl (C=O) groups is 1. The summed E-state index contributed by atoms with van der Waals surface area (Å²) in [4.78, 5) is 11.7. The second kappa shape index (κ2) is 7.43. The zero-order chi connectivity index (χ0) is 15.2. The summed E-state index contributed by atoms with van der Waals surface area (Å²) in [5.74, 6) is -0.327. The first-order valence-corrected chi connectivity index (χ1v) is 7.57. The lowest BCUT2D eigenvalue weighted by atomic mass is 9.93. The quantitative estimate of drug-likeness (QED) is 0.569. The molecule has 1 aromatic carbocycles. The molecule has 0 saturated heterocycles. The Morgan fingerprint density at radius 2 is 2.29 bits per heavy atom. The summed E-state index contributed by atoms with van der Waals surface area (Å²) in [7, 11) is 0. The van der Waals surface area contributed by atoms with Crippen molar-refractivity contribution in [3.63, 3.8) is 0 Å². The number of nitrogens with two attached hydrogens (primary N) is 1. The van der Waals surface area contributed by atoms with Gasteiger partial charge in [-0.2, -0.15) is 0 Å². The van der Waals surface area contributed by atoms with E-state index >= 15 is 0 Å². The van der Waals surface area contributed by atoms with Gasteiger partial charge < -0.3 is 20.9 Å². The van der Waals surface area contributed by atoms with Gasteiger partial charge in [-0.3, -0.25) is 0 Å². The summed E-state index contributed by atoms with van der Waals surface area (Å²) in [6.45, 7) is 2.74. The first-order chi connectivity index (χ1) is 10.1. The number of nitrogens with one attached hydrogen (secondary N) is 1.